The summed E-state index contributed by atoms with van der Waals surface area (Å²) in [6.07, 6.45) is 0.953. The maximum Gasteiger partial charge on any atom is 0.127 e. The summed E-state index contributed by atoms with van der Waals surface area (Å²) in [6.45, 7) is 0. The van der Waals surface area contributed by atoms with Gasteiger partial charge in [0.15, 0.2) is 0 Å². The standard InChI is InChI=1S/C15H12BrFO2/c16-12-5-6-15(19)13(8-12)11(9-18)7-10-3-1-2-4-14(10)17/h1-6,8-9,11,19H,7H2. The largest absolute Gasteiger partial charge is 0.508 e. The second-order valence-corrected chi connectivity index (χ2v) is 5.16. The Bertz CT molecular complexity index is 598. The lowest BCUT2D eigenvalue weighted by Crippen LogP contribution is -2.06. The predicted molar refractivity (Wildman–Crippen MR) is 74.7 cm³/mol. The molecule has 0 amide bonds. The first-order valence-electron chi connectivity index (χ1n) is 5.79. The van der Waals surface area contributed by atoms with Gasteiger partial charge in [-0.2, -0.15) is 0 Å². The van der Waals surface area contributed by atoms with Crippen LogP contribution in [0, 0.1) is 5.82 Å². The number of aldehydes is 1. The summed E-state index contributed by atoms with van der Waals surface area (Å²) in [4.78, 5) is 11.2. The second-order valence-electron chi connectivity index (χ2n) is 4.24. The smallest absolute Gasteiger partial charge is 0.127 e. The van der Waals surface area contributed by atoms with E-state index in [1.165, 1.54) is 12.1 Å². The molecule has 0 radical (unpaired) electrons. The minimum atomic E-state index is -0.575. The maximum atomic E-state index is 13.6. The molecule has 0 aliphatic rings. The molecule has 2 rings (SSSR count). The third kappa shape index (κ3) is 3.20. The molecule has 98 valence electrons. The molecule has 0 bridgehead atoms. The van der Waals surface area contributed by atoms with Gasteiger partial charge in [0.1, 0.15) is 17.9 Å². The number of hydrogen-bond donors (Lipinski definition) is 1. The number of carbonyl (C=O) groups is 1. The summed E-state index contributed by atoms with van der Waals surface area (Å²) in [5, 5.41) is 9.81. The zero-order valence-corrected chi connectivity index (χ0v) is 11.6. The number of phenols is 1. The van der Waals surface area contributed by atoms with E-state index in [-0.39, 0.29) is 18.0 Å². The number of carbonyl (C=O) groups excluding carboxylic acids is 1. The van der Waals surface area contributed by atoms with Crippen molar-refractivity contribution in [2.75, 3.05) is 0 Å². The Balaban J connectivity index is 2.33. The van der Waals surface area contributed by atoms with Crippen LogP contribution in [0.25, 0.3) is 0 Å². The molecule has 2 aromatic carbocycles. The molecule has 1 N–H and O–H groups in total. The number of benzene rings is 2. The van der Waals surface area contributed by atoms with E-state index >= 15 is 0 Å². The number of aromatic hydroxyl groups is 1. The van der Waals surface area contributed by atoms with Crippen LogP contribution in [0.3, 0.4) is 0 Å². The highest BCUT2D eigenvalue weighted by atomic mass is 79.9. The van der Waals surface area contributed by atoms with Crippen LogP contribution >= 0.6 is 15.9 Å². The van der Waals surface area contributed by atoms with E-state index in [0.717, 1.165) is 10.8 Å². The Hall–Kier alpha value is -1.68. The van der Waals surface area contributed by atoms with Gasteiger partial charge in [-0.15, -0.1) is 0 Å². The van der Waals surface area contributed by atoms with Gasteiger partial charge in [0.05, 0.1) is 0 Å². The fourth-order valence-electron chi connectivity index (χ4n) is 1.95. The lowest BCUT2D eigenvalue weighted by atomic mass is 9.92. The first-order chi connectivity index (χ1) is 9.11. The van der Waals surface area contributed by atoms with Crippen molar-refractivity contribution in [3.8, 4) is 5.75 Å². The molecule has 0 aliphatic heterocycles. The van der Waals surface area contributed by atoms with Crippen molar-refractivity contribution in [2.45, 2.75) is 12.3 Å². The monoisotopic (exact) mass is 322 g/mol. The van der Waals surface area contributed by atoms with Crippen LogP contribution in [0.1, 0.15) is 17.0 Å². The van der Waals surface area contributed by atoms with E-state index in [2.05, 4.69) is 15.9 Å². The third-order valence-electron chi connectivity index (χ3n) is 2.95. The van der Waals surface area contributed by atoms with E-state index in [9.17, 15) is 14.3 Å². The highest BCUT2D eigenvalue weighted by molar-refractivity contribution is 9.10. The maximum absolute atomic E-state index is 13.6. The van der Waals surface area contributed by atoms with Gasteiger partial charge in [-0.05, 0) is 36.2 Å². The fourth-order valence-corrected chi connectivity index (χ4v) is 2.33. The summed E-state index contributed by atoms with van der Waals surface area (Å²) in [7, 11) is 0. The Morgan fingerprint density at radius 2 is 2.00 bits per heavy atom. The molecule has 0 fully saturated rings. The summed E-state index contributed by atoms with van der Waals surface area (Å²) >= 11 is 3.29. The highest BCUT2D eigenvalue weighted by Crippen LogP contribution is 2.30. The van der Waals surface area contributed by atoms with Crippen molar-refractivity contribution in [2.24, 2.45) is 0 Å². The third-order valence-corrected chi connectivity index (χ3v) is 3.44. The molecular formula is C15H12BrFO2. The van der Waals surface area contributed by atoms with Crippen LogP contribution in [0.15, 0.2) is 46.9 Å². The number of phenolic OH excluding ortho intramolecular Hbond substituents is 1. The number of halogens is 2. The average Bonchev–Trinajstić information content (AvgIpc) is 2.41. The van der Waals surface area contributed by atoms with E-state index in [0.29, 0.717) is 11.1 Å². The quantitative estimate of drug-likeness (QED) is 0.869. The molecule has 1 unspecified atom stereocenters. The van der Waals surface area contributed by atoms with Gasteiger partial charge < -0.3 is 9.90 Å². The average molecular weight is 323 g/mol. The van der Waals surface area contributed by atoms with E-state index in [4.69, 9.17) is 0 Å². The van der Waals surface area contributed by atoms with Gasteiger partial charge in [0.25, 0.3) is 0 Å². The lowest BCUT2D eigenvalue weighted by Gasteiger charge is -2.13. The number of hydrogen-bond acceptors (Lipinski definition) is 2. The topological polar surface area (TPSA) is 37.3 Å². The zero-order valence-electron chi connectivity index (χ0n) is 10.0. The Labute approximate surface area is 119 Å². The van der Waals surface area contributed by atoms with Gasteiger partial charge in [-0.1, -0.05) is 34.1 Å². The molecule has 1 atom stereocenters. The second kappa shape index (κ2) is 5.97. The predicted octanol–water partition coefficient (Wildman–Crippen LogP) is 3.82. The van der Waals surface area contributed by atoms with Crippen molar-refractivity contribution in [3.05, 3.63) is 63.9 Å². The summed E-state index contributed by atoms with van der Waals surface area (Å²) in [5.74, 6) is -0.880. The van der Waals surface area contributed by atoms with Crippen molar-refractivity contribution in [1.82, 2.24) is 0 Å². The van der Waals surface area contributed by atoms with Crippen LogP contribution in [0.5, 0.6) is 5.75 Å². The minimum absolute atomic E-state index is 0.0386. The minimum Gasteiger partial charge on any atom is -0.508 e. The summed E-state index contributed by atoms with van der Waals surface area (Å²) in [5.41, 5.74) is 0.951. The Kier molecular flexibility index (Phi) is 4.32. The molecule has 0 aromatic heterocycles. The van der Waals surface area contributed by atoms with E-state index in [1.807, 2.05) is 0 Å². The molecule has 0 spiro atoms. The van der Waals surface area contributed by atoms with Gasteiger partial charge >= 0.3 is 0 Å². The SMILES string of the molecule is O=CC(Cc1ccccc1F)c1cc(Br)ccc1O. The van der Waals surface area contributed by atoms with Crippen molar-refractivity contribution in [3.63, 3.8) is 0 Å². The molecule has 19 heavy (non-hydrogen) atoms. The molecular weight excluding hydrogens is 311 g/mol. The van der Waals surface area contributed by atoms with E-state index in [1.54, 1.807) is 30.3 Å². The van der Waals surface area contributed by atoms with Gasteiger partial charge in [0.2, 0.25) is 0 Å². The summed E-state index contributed by atoms with van der Waals surface area (Å²) in [6, 6.07) is 11.2. The van der Waals surface area contributed by atoms with Crippen LogP contribution < -0.4 is 0 Å². The van der Waals surface area contributed by atoms with Crippen molar-refractivity contribution in [1.29, 1.82) is 0 Å². The van der Waals surface area contributed by atoms with Crippen molar-refractivity contribution >= 4 is 22.2 Å². The molecule has 0 aliphatic carbocycles. The number of rotatable bonds is 4. The molecule has 4 heteroatoms. The molecule has 2 nitrogen and oxygen atoms in total. The lowest BCUT2D eigenvalue weighted by molar-refractivity contribution is -0.109. The molecule has 0 saturated carbocycles. The first-order valence-corrected chi connectivity index (χ1v) is 6.58. The van der Waals surface area contributed by atoms with Crippen LogP contribution in [-0.4, -0.2) is 11.4 Å². The molecule has 0 saturated heterocycles. The van der Waals surface area contributed by atoms with E-state index < -0.39 is 5.92 Å². The molecule has 0 heterocycles. The van der Waals surface area contributed by atoms with Gasteiger partial charge in [-0.3, -0.25) is 0 Å². The highest BCUT2D eigenvalue weighted by Gasteiger charge is 2.17. The summed E-state index contributed by atoms with van der Waals surface area (Å²) < 4.78 is 14.4. The van der Waals surface area contributed by atoms with Gasteiger partial charge in [-0.25, -0.2) is 4.39 Å². The van der Waals surface area contributed by atoms with Crippen LogP contribution in [0.4, 0.5) is 4.39 Å². The van der Waals surface area contributed by atoms with Crippen molar-refractivity contribution < 1.29 is 14.3 Å². The van der Waals surface area contributed by atoms with Crippen LogP contribution in [0.2, 0.25) is 0 Å². The fraction of sp³-hybridized carbons (Fsp3) is 0.133. The molecule has 2 aromatic rings. The van der Waals surface area contributed by atoms with Gasteiger partial charge in [0, 0.05) is 16.0 Å². The zero-order chi connectivity index (χ0) is 13.8. The normalized spacial score (nSPS) is 12.1. The first kappa shape index (κ1) is 13.7. The van der Waals surface area contributed by atoms with Crippen LogP contribution in [-0.2, 0) is 11.2 Å². The Morgan fingerprint density at radius 1 is 1.26 bits per heavy atom. The Morgan fingerprint density at radius 3 is 2.68 bits per heavy atom.